The van der Waals surface area contributed by atoms with Crippen molar-refractivity contribution in [2.75, 3.05) is 20.3 Å². The average molecular weight is 370 g/mol. The Morgan fingerprint density at radius 3 is 2.74 bits per heavy atom. The SMILES string of the molecule is CCOc1ccc(C(=O)OCCCn2c(=O)[nH]c3ccccc32)cc1OC. The first kappa shape index (κ1) is 18.6. The van der Waals surface area contributed by atoms with Gasteiger partial charge in [0.2, 0.25) is 0 Å². The summed E-state index contributed by atoms with van der Waals surface area (Å²) in [5.41, 5.74) is 1.85. The third-order valence-corrected chi connectivity index (χ3v) is 4.14. The molecule has 0 radical (unpaired) electrons. The highest BCUT2D eigenvalue weighted by Crippen LogP contribution is 2.28. The number of carbonyl (C=O) groups is 1. The Bertz CT molecular complexity index is 989. The minimum Gasteiger partial charge on any atom is -0.493 e. The molecule has 0 fully saturated rings. The number of fused-ring (bicyclic) bond motifs is 1. The molecule has 0 aliphatic carbocycles. The molecule has 27 heavy (non-hydrogen) atoms. The van der Waals surface area contributed by atoms with Gasteiger partial charge in [0.1, 0.15) is 0 Å². The maximum absolute atomic E-state index is 12.2. The number of ether oxygens (including phenoxy) is 3. The fraction of sp³-hybridized carbons (Fsp3) is 0.300. The molecule has 0 aliphatic rings. The smallest absolute Gasteiger partial charge is 0.338 e. The Balaban J connectivity index is 1.58. The van der Waals surface area contributed by atoms with Crippen LogP contribution in [0.4, 0.5) is 0 Å². The Morgan fingerprint density at radius 1 is 1.15 bits per heavy atom. The first-order valence-corrected chi connectivity index (χ1v) is 8.79. The zero-order valence-electron chi connectivity index (χ0n) is 15.4. The number of nitrogens with zero attached hydrogens (tertiary/aromatic N) is 1. The zero-order valence-corrected chi connectivity index (χ0v) is 15.4. The zero-order chi connectivity index (χ0) is 19.2. The van der Waals surface area contributed by atoms with E-state index in [0.717, 1.165) is 11.0 Å². The molecule has 2 aromatic carbocycles. The Labute approximate surface area is 156 Å². The monoisotopic (exact) mass is 370 g/mol. The summed E-state index contributed by atoms with van der Waals surface area (Å²) in [4.78, 5) is 27.1. The standard InChI is InChI=1S/C20H22N2O5/c1-3-26-17-10-9-14(13-18(17)25-2)19(23)27-12-6-11-22-16-8-5-4-7-15(16)21-20(22)24/h4-5,7-10,13H,3,6,11-12H2,1-2H3,(H,21,24). The highest BCUT2D eigenvalue weighted by molar-refractivity contribution is 5.90. The molecule has 1 N–H and O–H groups in total. The largest absolute Gasteiger partial charge is 0.493 e. The van der Waals surface area contributed by atoms with Gasteiger partial charge in [-0.05, 0) is 43.7 Å². The number of methoxy groups -OCH3 is 1. The minimum atomic E-state index is -0.442. The summed E-state index contributed by atoms with van der Waals surface area (Å²) in [6.45, 7) is 3.05. The summed E-state index contributed by atoms with van der Waals surface area (Å²) in [5, 5.41) is 0. The number of aromatic nitrogens is 2. The van der Waals surface area contributed by atoms with Gasteiger partial charge in [-0.1, -0.05) is 12.1 Å². The number of nitrogens with one attached hydrogen (secondary N) is 1. The molecule has 7 heteroatoms. The molecule has 0 spiro atoms. The Hall–Kier alpha value is -3.22. The van der Waals surface area contributed by atoms with Crippen molar-refractivity contribution >= 4 is 17.0 Å². The van der Waals surface area contributed by atoms with Gasteiger partial charge in [-0.2, -0.15) is 0 Å². The van der Waals surface area contributed by atoms with Crippen LogP contribution in [0.2, 0.25) is 0 Å². The number of aryl methyl sites for hydroxylation is 1. The fourth-order valence-corrected chi connectivity index (χ4v) is 2.87. The van der Waals surface area contributed by atoms with Crippen LogP contribution in [-0.2, 0) is 11.3 Å². The molecule has 0 bridgehead atoms. The van der Waals surface area contributed by atoms with Gasteiger partial charge in [0.15, 0.2) is 11.5 Å². The van der Waals surface area contributed by atoms with Gasteiger partial charge in [0, 0.05) is 6.54 Å². The first-order chi connectivity index (χ1) is 13.1. The number of carbonyl (C=O) groups excluding carboxylic acids is 1. The predicted molar refractivity (Wildman–Crippen MR) is 102 cm³/mol. The van der Waals surface area contributed by atoms with Gasteiger partial charge in [0.05, 0.1) is 36.9 Å². The van der Waals surface area contributed by atoms with E-state index in [-0.39, 0.29) is 12.3 Å². The molecule has 1 heterocycles. The molecular formula is C20H22N2O5. The van der Waals surface area contributed by atoms with Crippen molar-refractivity contribution in [2.24, 2.45) is 0 Å². The summed E-state index contributed by atoms with van der Waals surface area (Å²) in [6.07, 6.45) is 0.529. The quantitative estimate of drug-likeness (QED) is 0.487. The lowest BCUT2D eigenvalue weighted by atomic mass is 10.2. The van der Waals surface area contributed by atoms with Crippen molar-refractivity contribution in [3.05, 3.63) is 58.5 Å². The molecule has 3 aromatic rings. The van der Waals surface area contributed by atoms with Gasteiger partial charge >= 0.3 is 11.7 Å². The van der Waals surface area contributed by atoms with Crippen LogP contribution in [0, 0.1) is 0 Å². The highest BCUT2D eigenvalue weighted by atomic mass is 16.5. The number of imidazole rings is 1. The molecule has 0 saturated carbocycles. The highest BCUT2D eigenvalue weighted by Gasteiger charge is 2.12. The number of rotatable bonds is 8. The number of H-pyrrole nitrogens is 1. The normalized spacial score (nSPS) is 10.7. The summed E-state index contributed by atoms with van der Waals surface area (Å²) in [6, 6.07) is 12.4. The maximum atomic E-state index is 12.2. The van der Waals surface area contributed by atoms with Crippen molar-refractivity contribution in [1.29, 1.82) is 0 Å². The van der Waals surface area contributed by atoms with E-state index in [1.165, 1.54) is 7.11 Å². The molecule has 0 unspecified atom stereocenters. The van der Waals surface area contributed by atoms with E-state index in [1.807, 2.05) is 31.2 Å². The van der Waals surface area contributed by atoms with Crippen LogP contribution in [0.25, 0.3) is 11.0 Å². The molecule has 7 nitrogen and oxygen atoms in total. The van der Waals surface area contributed by atoms with Crippen molar-refractivity contribution < 1.29 is 19.0 Å². The number of para-hydroxylation sites is 2. The fourth-order valence-electron chi connectivity index (χ4n) is 2.87. The van der Waals surface area contributed by atoms with Gasteiger partial charge in [0.25, 0.3) is 0 Å². The van der Waals surface area contributed by atoms with Crippen molar-refractivity contribution in [3.63, 3.8) is 0 Å². The van der Waals surface area contributed by atoms with Crippen LogP contribution in [0.5, 0.6) is 11.5 Å². The van der Waals surface area contributed by atoms with Crippen LogP contribution in [-0.4, -0.2) is 35.8 Å². The summed E-state index contributed by atoms with van der Waals surface area (Å²) in [5.74, 6) is 0.620. The number of esters is 1. The molecule has 1 aromatic heterocycles. The second-order valence-corrected chi connectivity index (χ2v) is 5.89. The van der Waals surface area contributed by atoms with Gasteiger partial charge < -0.3 is 19.2 Å². The van der Waals surface area contributed by atoms with Crippen molar-refractivity contribution in [3.8, 4) is 11.5 Å². The number of benzene rings is 2. The molecular weight excluding hydrogens is 348 g/mol. The Kier molecular flexibility index (Phi) is 5.80. The lowest BCUT2D eigenvalue weighted by molar-refractivity contribution is 0.0495. The number of hydrogen-bond donors (Lipinski definition) is 1. The third-order valence-electron chi connectivity index (χ3n) is 4.14. The van der Waals surface area contributed by atoms with E-state index in [0.29, 0.717) is 36.6 Å². The second kappa shape index (κ2) is 8.44. The minimum absolute atomic E-state index is 0.168. The molecule has 142 valence electrons. The van der Waals surface area contributed by atoms with E-state index in [2.05, 4.69) is 4.98 Å². The first-order valence-electron chi connectivity index (χ1n) is 8.79. The van der Waals surface area contributed by atoms with Crippen molar-refractivity contribution in [2.45, 2.75) is 19.9 Å². The topological polar surface area (TPSA) is 82.5 Å². The van der Waals surface area contributed by atoms with Crippen molar-refractivity contribution in [1.82, 2.24) is 9.55 Å². The van der Waals surface area contributed by atoms with Crippen LogP contribution in [0.1, 0.15) is 23.7 Å². The van der Waals surface area contributed by atoms with Crippen LogP contribution < -0.4 is 15.2 Å². The van der Waals surface area contributed by atoms with E-state index >= 15 is 0 Å². The lowest BCUT2D eigenvalue weighted by Gasteiger charge is -2.11. The molecule has 0 amide bonds. The van der Waals surface area contributed by atoms with Crippen LogP contribution in [0.15, 0.2) is 47.3 Å². The number of hydrogen-bond acceptors (Lipinski definition) is 5. The van der Waals surface area contributed by atoms with E-state index in [9.17, 15) is 9.59 Å². The molecule has 0 saturated heterocycles. The molecule has 0 atom stereocenters. The van der Waals surface area contributed by atoms with E-state index in [4.69, 9.17) is 14.2 Å². The maximum Gasteiger partial charge on any atom is 0.338 e. The summed E-state index contributed by atoms with van der Waals surface area (Å²) >= 11 is 0. The van der Waals surface area contributed by atoms with Crippen LogP contribution >= 0.6 is 0 Å². The van der Waals surface area contributed by atoms with Crippen LogP contribution in [0.3, 0.4) is 0 Å². The van der Waals surface area contributed by atoms with E-state index < -0.39 is 5.97 Å². The van der Waals surface area contributed by atoms with Gasteiger partial charge in [-0.15, -0.1) is 0 Å². The number of aromatic amines is 1. The molecule has 3 rings (SSSR count). The summed E-state index contributed by atoms with van der Waals surface area (Å²) in [7, 11) is 1.52. The predicted octanol–water partition coefficient (Wildman–Crippen LogP) is 2.98. The second-order valence-electron chi connectivity index (χ2n) is 5.89. The van der Waals surface area contributed by atoms with E-state index in [1.54, 1.807) is 22.8 Å². The molecule has 0 aliphatic heterocycles. The third kappa shape index (κ3) is 4.13. The van der Waals surface area contributed by atoms with Gasteiger partial charge in [-0.25, -0.2) is 9.59 Å². The van der Waals surface area contributed by atoms with Gasteiger partial charge in [-0.3, -0.25) is 4.57 Å². The average Bonchev–Trinajstić information content (AvgIpc) is 3.00. The summed E-state index contributed by atoms with van der Waals surface area (Å²) < 4.78 is 17.6. The Morgan fingerprint density at radius 2 is 1.96 bits per heavy atom. The lowest BCUT2D eigenvalue weighted by Crippen LogP contribution is -2.18.